The van der Waals surface area contributed by atoms with Gasteiger partial charge < -0.3 is 4.57 Å². The Kier molecular flexibility index (Phi) is 3.29. The summed E-state index contributed by atoms with van der Waals surface area (Å²) in [6.07, 6.45) is 2.01. The Labute approximate surface area is 109 Å². The van der Waals surface area contributed by atoms with Crippen LogP contribution in [0.1, 0.15) is 49.7 Å². The SMILES string of the molecule is Cc1ccc2c(C(=O)C(C)C)cn(C(C)C)c2c1. The molecule has 18 heavy (non-hydrogen) atoms. The summed E-state index contributed by atoms with van der Waals surface area (Å²) in [6.45, 7) is 10.3. The highest BCUT2D eigenvalue weighted by Crippen LogP contribution is 2.27. The van der Waals surface area contributed by atoms with Crippen molar-refractivity contribution in [2.24, 2.45) is 5.92 Å². The summed E-state index contributed by atoms with van der Waals surface area (Å²) in [5, 5.41) is 1.08. The van der Waals surface area contributed by atoms with E-state index in [-0.39, 0.29) is 11.7 Å². The van der Waals surface area contributed by atoms with Crippen molar-refractivity contribution in [3.8, 4) is 0 Å². The van der Waals surface area contributed by atoms with Crippen molar-refractivity contribution in [2.75, 3.05) is 0 Å². The lowest BCUT2D eigenvalue weighted by molar-refractivity contribution is 0.0941. The Balaban J connectivity index is 2.72. The van der Waals surface area contributed by atoms with Crippen LogP contribution in [0.15, 0.2) is 24.4 Å². The number of fused-ring (bicyclic) bond motifs is 1. The highest BCUT2D eigenvalue weighted by atomic mass is 16.1. The van der Waals surface area contributed by atoms with Crippen molar-refractivity contribution < 1.29 is 4.79 Å². The third-order valence-corrected chi connectivity index (χ3v) is 3.34. The molecule has 0 unspecified atom stereocenters. The second-order valence-electron chi connectivity index (χ2n) is 5.58. The van der Waals surface area contributed by atoms with E-state index in [1.54, 1.807) is 0 Å². The summed E-state index contributed by atoms with van der Waals surface area (Å²) >= 11 is 0. The molecular weight excluding hydrogens is 222 g/mol. The van der Waals surface area contributed by atoms with Crippen molar-refractivity contribution >= 4 is 16.7 Å². The van der Waals surface area contributed by atoms with E-state index in [0.29, 0.717) is 6.04 Å². The minimum Gasteiger partial charge on any atom is -0.344 e. The number of Topliss-reactive ketones (excluding diaryl/α,β-unsaturated/α-hetero) is 1. The van der Waals surface area contributed by atoms with Crippen molar-refractivity contribution in [1.29, 1.82) is 0 Å². The topological polar surface area (TPSA) is 22.0 Å². The molecule has 1 aromatic carbocycles. The standard InChI is InChI=1S/C16H21NO/c1-10(2)16(18)14-9-17(11(3)4)15-8-12(5)6-7-13(14)15/h6-11H,1-5H3. The molecule has 96 valence electrons. The monoisotopic (exact) mass is 243 g/mol. The van der Waals surface area contributed by atoms with E-state index in [0.717, 1.165) is 16.5 Å². The minimum atomic E-state index is 0.0394. The Morgan fingerprint density at radius 3 is 2.39 bits per heavy atom. The van der Waals surface area contributed by atoms with Gasteiger partial charge in [-0.2, -0.15) is 0 Å². The van der Waals surface area contributed by atoms with E-state index in [4.69, 9.17) is 0 Å². The van der Waals surface area contributed by atoms with Gasteiger partial charge in [0.15, 0.2) is 5.78 Å². The Morgan fingerprint density at radius 1 is 1.17 bits per heavy atom. The molecule has 1 heterocycles. The van der Waals surface area contributed by atoms with Gasteiger partial charge >= 0.3 is 0 Å². The van der Waals surface area contributed by atoms with Crippen LogP contribution in [0.4, 0.5) is 0 Å². The lowest BCUT2D eigenvalue weighted by atomic mass is 10.0. The molecule has 0 aliphatic carbocycles. The van der Waals surface area contributed by atoms with Gasteiger partial charge in [-0.1, -0.05) is 26.0 Å². The average Bonchev–Trinajstić information content (AvgIpc) is 2.66. The minimum absolute atomic E-state index is 0.0394. The van der Waals surface area contributed by atoms with Crippen LogP contribution in [-0.2, 0) is 0 Å². The number of aromatic nitrogens is 1. The number of nitrogens with zero attached hydrogens (tertiary/aromatic N) is 1. The predicted molar refractivity (Wildman–Crippen MR) is 76.2 cm³/mol. The summed E-state index contributed by atoms with van der Waals surface area (Å²) in [5.41, 5.74) is 3.24. The van der Waals surface area contributed by atoms with Gasteiger partial charge in [-0.15, -0.1) is 0 Å². The number of benzene rings is 1. The van der Waals surface area contributed by atoms with Gasteiger partial charge in [0, 0.05) is 34.6 Å². The van der Waals surface area contributed by atoms with E-state index >= 15 is 0 Å². The third kappa shape index (κ3) is 2.07. The van der Waals surface area contributed by atoms with Crippen molar-refractivity contribution in [3.05, 3.63) is 35.5 Å². The van der Waals surface area contributed by atoms with Gasteiger partial charge in [0.25, 0.3) is 0 Å². The lowest BCUT2D eigenvalue weighted by Crippen LogP contribution is -2.07. The maximum absolute atomic E-state index is 12.3. The van der Waals surface area contributed by atoms with Crippen LogP contribution < -0.4 is 0 Å². The van der Waals surface area contributed by atoms with Crippen molar-refractivity contribution in [1.82, 2.24) is 4.57 Å². The third-order valence-electron chi connectivity index (χ3n) is 3.34. The van der Waals surface area contributed by atoms with Gasteiger partial charge in [-0.05, 0) is 32.4 Å². The first-order valence-electron chi connectivity index (χ1n) is 6.57. The average molecular weight is 243 g/mol. The Morgan fingerprint density at radius 2 is 1.83 bits per heavy atom. The fraction of sp³-hybridized carbons (Fsp3) is 0.438. The van der Waals surface area contributed by atoms with Gasteiger partial charge in [0.1, 0.15) is 0 Å². The molecule has 0 aliphatic heterocycles. The molecule has 0 aliphatic rings. The summed E-state index contributed by atoms with van der Waals surface area (Å²) in [4.78, 5) is 12.3. The van der Waals surface area contributed by atoms with Gasteiger partial charge in [0.2, 0.25) is 0 Å². The molecule has 2 nitrogen and oxygen atoms in total. The smallest absolute Gasteiger partial charge is 0.167 e. The maximum atomic E-state index is 12.3. The first kappa shape index (κ1) is 12.9. The summed E-state index contributed by atoms with van der Waals surface area (Å²) in [7, 11) is 0. The highest BCUT2D eigenvalue weighted by Gasteiger charge is 2.18. The molecule has 0 fully saturated rings. The van der Waals surface area contributed by atoms with E-state index in [1.165, 1.54) is 5.56 Å². The summed E-state index contributed by atoms with van der Waals surface area (Å²) in [5.74, 6) is 0.265. The fourth-order valence-electron chi connectivity index (χ4n) is 2.30. The Hall–Kier alpha value is -1.57. The van der Waals surface area contributed by atoms with E-state index < -0.39 is 0 Å². The lowest BCUT2D eigenvalue weighted by Gasteiger charge is -2.09. The molecule has 0 radical (unpaired) electrons. The number of hydrogen-bond donors (Lipinski definition) is 0. The largest absolute Gasteiger partial charge is 0.344 e. The molecule has 0 atom stereocenters. The number of carbonyl (C=O) groups is 1. The maximum Gasteiger partial charge on any atom is 0.167 e. The van der Waals surface area contributed by atoms with E-state index in [9.17, 15) is 4.79 Å². The van der Waals surface area contributed by atoms with Crippen molar-refractivity contribution in [3.63, 3.8) is 0 Å². The molecule has 2 rings (SSSR count). The molecule has 0 bridgehead atoms. The highest BCUT2D eigenvalue weighted by molar-refractivity contribution is 6.09. The molecule has 1 aromatic heterocycles. The summed E-state index contributed by atoms with van der Waals surface area (Å²) in [6, 6.07) is 6.67. The Bertz CT molecular complexity index is 590. The van der Waals surface area contributed by atoms with Crippen LogP contribution in [0.25, 0.3) is 10.9 Å². The van der Waals surface area contributed by atoms with Crippen molar-refractivity contribution in [2.45, 2.75) is 40.7 Å². The molecule has 2 heteroatoms. The number of ketones is 1. The van der Waals surface area contributed by atoms with Crippen LogP contribution in [0, 0.1) is 12.8 Å². The predicted octanol–water partition coefficient (Wildman–Crippen LogP) is 4.37. The van der Waals surface area contributed by atoms with Gasteiger partial charge in [-0.25, -0.2) is 0 Å². The number of rotatable bonds is 3. The van der Waals surface area contributed by atoms with Crippen LogP contribution in [0.3, 0.4) is 0 Å². The zero-order valence-electron chi connectivity index (χ0n) is 11.8. The second kappa shape index (κ2) is 4.60. The quantitative estimate of drug-likeness (QED) is 0.734. The number of aryl methyl sites for hydroxylation is 1. The first-order chi connectivity index (χ1) is 8.41. The van der Waals surface area contributed by atoms with Crippen LogP contribution in [-0.4, -0.2) is 10.4 Å². The van der Waals surface area contributed by atoms with E-state index in [1.807, 2.05) is 20.0 Å². The molecule has 0 N–H and O–H groups in total. The van der Waals surface area contributed by atoms with Crippen LogP contribution >= 0.6 is 0 Å². The molecule has 0 spiro atoms. The normalized spacial score (nSPS) is 11.7. The number of carbonyl (C=O) groups excluding carboxylic acids is 1. The molecule has 0 saturated carbocycles. The zero-order chi connectivity index (χ0) is 13.4. The molecular formula is C16H21NO. The molecule has 0 saturated heterocycles. The molecule has 2 aromatic rings. The van der Waals surface area contributed by atoms with Crippen LogP contribution in [0.5, 0.6) is 0 Å². The molecule has 0 amide bonds. The van der Waals surface area contributed by atoms with E-state index in [2.05, 4.69) is 43.5 Å². The number of hydrogen-bond acceptors (Lipinski definition) is 1. The van der Waals surface area contributed by atoms with Gasteiger partial charge in [-0.3, -0.25) is 4.79 Å². The summed E-state index contributed by atoms with van der Waals surface area (Å²) < 4.78 is 2.19. The second-order valence-corrected chi connectivity index (χ2v) is 5.58. The zero-order valence-corrected chi connectivity index (χ0v) is 11.8. The first-order valence-corrected chi connectivity index (χ1v) is 6.57. The van der Waals surface area contributed by atoms with Gasteiger partial charge in [0.05, 0.1) is 0 Å². The fourth-order valence-corrected chi connectivity index (χ4v) is 2.30. The van der Waals surface area contributed by atoms with Crippen LogP contribution in [0.2, 0.25) is 0 Å².